The van der Waals surface area contributed by atoms with Crippen LogP contribution in [-0.2, 0) is 0 Å². The second kappa shape index (κ2) is 6.77. The van der Waals surface area contributed by atoms with Crippen molar-refractivity contribution in [3.63, 3.8) is 0 Å². The van der Waals surface area contributed by atoms with Crippen LogP contribution in [0.3, 0.4) is 0 Å². The van der Waals surface area contributed by atoms with Crippen LogP contribution >= 0.6 is 45.5 Å². The van der Waals surface area contributed by atoms with Crippen LogP contribution in [0.15, 0.2) is 44.0 Å². The highest BCUT2D eigenvalue weighted by molar-refractivity contribution is 14.1. The zero-order chi connectivity index (χ0) is 17.4. The first kappa shape index (κ1) is 17.3. The highest BCUT2D eigenvalue weighted by Gasteiger charge is 2.38. The first-order chi connectivity index (χ1) is 11.4. The SMILES string of the molecule is CC1=C(I)C(c2ccc(F)cc2Cl)N(C(=O)O)C(c2nccs2)=N1. The lowest BCUT2D eigenvalue weighted by Gasteiger charge is -2.33. The molecule has 2 heterocycles. The summed E-state index contributed by atoms with van der Waals surface area (Å²) in [5.74, 6) is -0.244. The standard InChI is InChI=1S/C15H10ClFIN3O2S/c1-7-11(18)12(9-3-2-8(17)6-10(9)16)21(15(22)23)13(20-7)14-19-4-5-24-14/h2-6,12H,1H3,(H,22,23). The van der Waals surface area contributed by atoms with E-state index in [4.69, 9.17) is 11.6 Å². The Morgan fingerprint density at radius 1 is 1.50 bits per heavy atom. The lowest BCUT2D eigenvalue weighted by atomic mass is 10.0. The van der Waals surface area contributed by atoms with E-state index >= 15 is 0 Å². The summed E-state index contributed by atoms with van der Waals surface area (Å²) in [5.41, 5.74) is 1.16. The second-order valence-electron chi connectivity index (χ2n) is 4.93. The largest absolute Gasteiger partial charge is 0.465 e. The normalized spacial score (nSPS) is 17.9. The maximum absolute atomic E-state index is 13.4. The topological polar surface area (TPSA) is 65.8 Å². The smallest absolute Gasteiger partial charge is 0.413 e. The van der Waals surface area contributed by atoms with E-state index < -0.39 is 18.0 Å². The minimum Gasteiger partial charge on any atom is -0.465 e. The number of aromatic nitrogens is 1. The van der Waals surface area contributed by atoms with Gasteiger partial charge in [0.1, 0.15) is 11.9 Å². The number of halogens is 3. The van der Waals surface area contributed by atoms with E-state index in [2.05, 4.69) is 9.98 Å². The zero-order valence-corrected chi connectivity index (χ0v) is 15.9. The Kier molecular flexibility index (Phi) is 4.88. The van der Waals surface area contributed by atoms with Crippen LogP contribution in [0, 0.1) is 5.82 Å². The number of nitrogens with zero attached hydrogens (tertiary/aromatic N) is 3. The highest BCUT2D eigenvalue weighted by atomic mass is 127. The number of amidine groups is 1. The molecule has 1 aliphatic heterocycles. The summed E-state index contributed by atoms with van der Waals surface area (Å²) in [7, 11) is 0. The van der Waals surface area contributed by atoms with Gasteiger partial charge in [0.2, 0.25) is 0 Å². The van der Waals surface area contributed by atoms with Crippen molar-refractivity contribution in [2.75, 3.05) is 0 Å². The zero-order valence-electron chi connectivity index (χ0n) is 12.2. The number of carboxylic acid groups (broad SMARTS) is 1. The molecule has 0 aliphatic carbocycles. The van der Waals surface area contributed by atoms with E-state index in [1.165, 1.54) is 29.5 Å². The number of aliphatic imine (C=N–C) groups is 1. The molecule has 1 aliphatic rings. The van der Waals surface area contributed by atoms with Crippen molar-refractivity contribution in [3.05, 3.63) is 60.5 Å². The molecule has 1 aromatic heterocycles. The lowest BCUT2D eigenvalue weighted by Crippen LogP contribution is -2.42. The van der Waals surface area contributed by atoms with Crippen LogP contribution in [0.4, 0.5) is 9.18 Å². The molecule has 3 rings (SSSR count). The summed E-state index contributed by atoms with van der Waals surface area (Å²) in [6.07, 6.45) is 0.400. The maximum Gasteiger partial charge on any atom is 0.413 e. The molecular formula is C15H10ClFIN3O2S. The molecule has 1 amide bonds. The molecule has 0 spiro atoms. The molecule has 0 radical (unpaired) electrons. The molecule has 1 atom stereocenters. The summed E-state index contributed by atoms with van der Waals surface area (Å²) in [5, 5.41) is 12.2. The van der Waals surface area contributed by atoms with Gasteiger partial charge in [-0.3, -0.25) is 0 Å². The van der Waals surface area contributed by atoms with Gasteiger partial charge >= 0.3 is 6.09 Å². The van der Waals surface area contributed by atoms with Crippen LogP contribution in [-0.4, -0.2) is 26.9 Å². The molecule has 0 fully saturated rings. The van der Waals surface area contributed by atoms with Crippen molar-refractivity contribution in [1.29, 1.82) is 0 Å². The number of rotatable bonds is 2. The first-order valence-corrected chi connectivity index (χ1v) is 9.05. The molecule has 1 N–H and O–H groups in total. The predicted molar refractivity (Wildman–Crippen MR) is 99.4 cm³/mol. The molecule has 0 saturated carbocycles. The minimum absolute atomic E-state index is 0.161. The maximum atomic E-state index is 13.4. The number of hydrogen-bond donors (Lipinski definition) is 1. The number of amides is 1. The van der Waals surface area contributed by atoms with Crippen molar-refractivity contribution in [2.24, 2.45) is 4.99 Å². The van der Waals surface area contributed by atoms with Gasteiger partial charge in [0.15, 0.2) is 10.8 Å². The number of carbonyl (C=O) groups is 1. The van der Waals surface area contributed by atoms with E-state index in [0.29, 0.717) is 19.8 Å². The van der Waals surface area contributed by atoms with Crippen molar-refractivity contribution < 1.29 is 14.3 Å². The quantitative estimate of drug-likeness (QED) is 0.613. The van der Waals surface area contributed by atoms with Gasteiger partial charge in [0.05, 0.1) is 5.70 Å². The molecular weight excluding hydrogens is 468 g/mol. The molecule has 1 aromatic carbocycles. The fourth-order valence-electron chi connectivity index (χ4n) is 2.38. The third-order valence-corrected chi connectivity index (χ3v) is 5.90. The van der Waals surface area contributed by atoms with E-state index in [-0.39, 0.29) is 10.9 Å². The Morgan fingerprint density at radius 2 is 2.25 bits per heavy atom. The van der Waals surface area contributed by atoms with Gasteiger partial charge in [-0.2, -0.15) is 0 Å². The van der Waals surface area contributed by atoms with Gasteiger partial charge in [-0.1, -0.05) is 17.7 Å². The van der Waals surface area contributed by atoms with E-state index in [1.807, 2.05) is 22.6 Å². The lowest BCUT2D eigenvalue weighted by molar-refractivity contribution is 0.161. The molecule has 5 nitrogen and oxygen atoms in total. The van der Waals surface area contributed by atoms with E-state index in [0.717, 1.165) is 4.90 Å². The fraction of sp³-hybridized carbons (Fsp3) is 0.133. The van der Waals surface area contributed by atoms with E-state index in [9.17, 15) is 14.3 Å². The van der Waals surface area contributed by atoms with Crippen molar-refractivity contribution in [3.8, 4) is 0 Å². The molecule has 0 saturated heterocycles. The van der Waals surface area contributed by atoms with Gasteiger partial charge in [0.25, 0.3) is 0 Å². The summed E-state index contributed by atoms with van der Waals surface area (Å²) in [6.45, 7) is 1.79. The van der Waals surface area contributed by atoms with Crippen LogP contribution in [0.5, 0.6) is 0 Å². The van der Waals surface area contributed by atoms with Crippen LogP contribution in [0.2, 0.25) is 5.02 Å². The number of thiazole rings is 1. The van der Waals surface area contributed by atoms with E-state index in [1.54, 1.807) is 18.5 Å². The van der Waals surface area contributed by atoms with Crippen molar-refractivity contribution in [1.82, 2.24) is 9.88 Å². The third kappa shape index (κ3) is 3.05. The molecule has 0 bridgehead atoms. The Balaban J connectivity index is 2.20. The van der Waals surface area contributed by atoms with Gasteiger partial charge in [-0.05, 0) is 47.2 Å². The molecule has 24 heavy (non-hydrogen) atoms. The van der Waals surface area contributed by atoms with Crippen LogP contribution in [0.1, 0.15) is 23.5 Å². The van der Waals surface area contributed by atoms with Crippen LogP contribution < -0.4 is 0 Å². The fourth-order valence-corrected chi connectivity index (χ4v) is 4.01. The average molecular weight is 478 g/mol. The molecule has 124 valence electrons. The summed E-state index contributed by atoms with van der Waals surface area (Å²) in [6, 6.07) is 3.22. The van der Waals surface area contributed by atoms with Gasteiger partial charge in [-0.25, -0.2) is 24.1 Å². The molecule has 1 unspecified atom stereocenters. The Hall–Kier alpha value is -1.52. The second-order valence-corrected chi connectivity index (χ2v) is 7.39. The molecule has 2 aromatic rings. The average Bonchev–Trinajstić information content (AvgIpc) is 3.04. The minimum atomic E-state index is -1.18. The number of hydrogen-bond acceptors (Lipinski definition) is 4. The van der Waals surface area contributed by atoms with Gasteiger partial charge < -0.3 is 5.11 Å². The predicted octanol–water partition coefficient (Wildman–Crippen LogP) is 5.08. The Labute approximate surface area is 159 Å². The number of allylic oxidation sites excluding steroid dienone is 1. The van der Waals surface area contributed by atoms with Gasteiger partial charge in [0, 0.05) is 20.2 Å². The van der Waals surface area contributed by atoms with Gasteiger partial charge in [-0.15, -0.1) is 11.3 Å². The molecule has 9 heteroatoms. The number of benzene rings is 1. The monoisotopic (exact) mass is 477 g/mol. The first-order valence-electron chi connectivity index (χ1n) is 6.72. The Morgan fingerprint density at radius 3 is 2.83 bits per heavy atom. The summed E-state index contributed by atoms with van der Waals surface area (Å²) in [4.78, 5) is 21.6. The summed E-state index contributed by atoms with van der Waals surface area (Å²) >= 11 is 9.52. The van der Waals surface area contributed by atoms with Crippen molar-refractivity contribution >= 4 is 57.5 Å². The highest BCUT2D eigenvalue weighted by Crippen LogP contribution is 2.42. The third-order valence-electron chi connectivity index (χ3n) is 3.43. The Bertz CT molecular complexity index is 870. The summed E-state index contributed by atoms with van der Waals surface area (Å²) < 4.78 is 14.1. The van der Waals surface area contributed by atoms with Crippen LogP contribution in [0.25, 0.3) is 0 Å². The van der Waals surface area contributed by atoms with Crippen molar-refractivity contribution in [2.45, 2.75) is 13.0 Å².